The van der Waals surface area contributed by atoms with Gasteiger partial charge in [-0.2, -0.15) is 0 Å². The number of ether oxygens (including phenoxy) is 1. The number of imidazole rings is 1. The van der Waals surface area contributed by atoms with Gasteiger partial charge in [-0.15, -0.1) is 0 Å². The van der Waals surface area contributed by atoms with E-state index in [1.807, 2.05) is 27.3 Å². The molecule has 3 saturated heterocycles. The third kappa shape index (κ3) is 4.80. The maximum atomic E-state index is 13.4. The number of nitrogens with zero attached hydrogens (tertiary/aromatic N) is 6. The predicted molar refractivity (Wildman–Crippen MR) is 145 cm³/mol. The largest absolute Gasteiger partial charge is 0.372 e. The van der Waals surface area contributed by atoms with Crippen LogP contribution >= 0.6 is 0 Å². The molecule has 3 fully saturated rings. The minimum Gasteiger partial charge on any atom is -0.372 e. The third-order valence-electron chi connectivity index (χ3n) is 7.87. The molecule has 6 rings (SSSR count). The van der Waals surface area contributed by atoms with Crippen LogP contribution in [0.4, 0.5) is 11.5 Å². The van der Waals surface area contributed by atoms with Gasteiger partial charge in [0.25, 0.3) is 5.91 Å². The second-order valence-electron chi connectivity index (χ2n) is 10.4. The van der Waals surface area contributed by atoms with E-state index in [1.165, 1.54) is 18.5 Å². The summed E-state index contributed by atoms with van der Waals surface area (Å²) in [6.45, 7) is 6.84. The Hall–Kier alpha value is -3.66. The molecule has 200 valence electrons. The molecule has 2 aromatic heterocycles. The van der Waals surface area contributed by atoms with Crippen molar-refractivity contribution in [3.63, 3.8) is 0 Å². The number of anilines is 2. The van der Waals surface area contributed by atoms with Crippen molar-refractivity contribution in [2.45, 2.75) is 44.8 Å². The quantitative estimate of drug-likeness (QED) is 0.537. The molecule has 5 heterocycles. The highest BCUT2D eigenvalue weighted by atomic mass is 16.5. The molecule has 0 aliphatic carbocycles. The van der Waals surface area contributed by atoms with Gasteiger partial charge in [-0.05, 0) is 44.7 Å². The minimum absolute atomic E-state index is 0.00792. The van der Waals surface area contributed by atoms with E-state index in [9.17, 15) is 9.59 Å². The molecule has 10 heteroatoms. The van der Waals surface area contributed by atoms with Crippen LogP contribution in [0.1, 0.15) is 32.6 Å². The lowest BCUT2D eigenvalue weighted by molar-refractivity contribution is -0.146. The zero-order valence-electron chi connectivity index (χ0n) is 21.9. The fourth-order valence-electron chi connectivity index (χ4n) is 5.72. The summed E-state index contributed by atoms with van der Waals surface area (Å²) in [7, 11) is 0. The second-order valence-corrected chi connectivity index (χ2v) is 10.4. The van der Waals surface area contributed by atoms with E-state index in [0.717, 1.165) is 48.7 Å². The molecule has 3 aliphatic rings. The molecule has 3 aromatic rings. The van der Waals surface area contributed by atoms with Crippen molar-refractivity contribution in [1.82, 2.24) is 24.2 Å². The first-order valence-electron chi connectivity index (χ1n) is 13.7. The van der Waals surface area contributed by atoms with Crippen LogP contribution in [0.5, 0.6) is 0 Å². The Kier molecular flexibility index (Phi) is 6.88. The molecule has 38 heavy (non-hydrogen) atoms. The maximum Gasteiger partial charge on any atom is 0.251 e. The molecule has 0 radical (unpaired) electrons. The molecule has 0 saturated carbocycles. The van der Waals surface area contributed by atoms with Crippen molar-refractivity contribution in [2.24, 2.45) is 0 Å². The molecular weight excluding hydrogens is 482 g/mol. The first-order chi connectivity index (χ1) is 18.6. The van der Waals surface area contributed by atoms with Gasteiger partial charge in [0.15, 0.2) is 5.65 Å². The number of nitrogens with one attached hydrogen (secondary N) is 1. The highest BCUT2D eigenvalue weighted by molar-refractivity contribution is 5.87. The summed E-state index contributed by atoms with van der Waals surface area (Å²) < 4.78 is 7.50. The van der Waals surface area contributed by atoms with Gasteiger partial charge >= 0.3 is 0 Å². The molecule has 3 aliphatic heterocycles. The number of hydrogen-bond donors (Lipinski definition) is 1. The number of fused-ring (bicyclic) bond motifs is 1. The van der Waals surface area contributed by atoms with E-state index in [-0.39, 0.29) is 17.9 Å². The highest BCUT2D eigenvalue weighted by Gasteiger charge is 2.32. The van der Waals surface area contributed by atoms with Gasteiger partial charge in [-0.1, -0.05) is 12.1 Å². The van der Waals surface area contributed by atoms with E-state index in [1.54, 1.807) is 12.4 Å². The molecule has 1 aromatic carbocycles. The number of amides is 2. The summed E-state index contributed by atoms with van der Waals surface area (Å²) in [6.07, 6.45) is 9.19. The molecule has 0 spiro atoms. The first kappa shape index (κ1) is 24.7. The van der Waals surface area contributed by atoms with Gasteiger partial charge in [-0.25, -0.2) is 4.98 Å². The number of rotatable bonds is 6. The van der Waals surface area contributed by atoms with Crippen LogP contribution in [-0.4, -0.2) is 94.0 Å². The number of carbonyl (C=O) groups excluding carboxylic acids is 2. The van der Waals surface area contributed by atoms with Crippen molar-refractivity contribution in [1.29, 1.82) is 0 Å². The van der Waals surface area contributed by atoms with Crippen LogP contribution in [0.25, 0.3) is 16.9 Å². The zero-order chi connectivity index (χ0) is 26.1. The Labute approximate surface area is 222 Å². The fraction of sp³-hybridized carbons (Fsp3) is 0.500. The average molecular weight is 518 g/mol. The lowest BCUT2D eigenvalue weighted by Gasteiger charge is -2.37. The van der Waals surface area contributed by atoms with Crippen LogP contribution in [0.15, 0.2) is 42.9 Å². The molecule has 10 nitrogen and oxygen atoms in total. The second kappa shape index (κ2) is 10.6. The summed E-state index contributed by atoms with van der Waals surface area (Å²) >= 11 is 0. The van der Waals surface area contributed by atoms with Crippen molar-refractivity contribution < 1.29 is 14.3 Å². The fourth-order valence-corrected chi connectivity index (χ4v) is 5.72. The number of hydrogen-bond acceptors (Lipinski definition) is 7. The standard InChI is InChI=1S/C28H35N7O3/c1-20(27(36)33-14-16-34(17-15-33)28(37)23-5-4-18-38-23)30-26-25(31-24-19-29-10-13-35(24)26)21-6-8-22(9-7-21)32-11-2-3-12-32/h6-10,13,19-20,23,30H,2-5,11-12,14-18H2,1H3. The maximum absolute atomic E-state index is 13.4. The van der Waals surface area contributed by atoms with E-state index in [4.69, 9.17) is 9.72 Å². The SMILES string of the molecule is CC(Nc1c(-c2ccc(N3CCCC3)cc2)nc2cnccn12)C(=O)N1CCN(C(=O)C2CCCO2)CC1. The van der Waals surface area contributed by atoms with E-state index >= 15 is 0 Å². The summed E-state index contributed by atoms with van der Waals surface area (Å²) in [5.41, 5.74) is 3.72. The topological polar surface area (TPSA) is 95.3 Å². The summed E-state index contributed by atoms with van der Waals surface area (Å²) in [5, 5.41) is 3.45. The third-order valence-corrected chi connectivity index (χ3v) is 7.87. The van der Waals surface area contributed by atoms with Crippen molar-refractivity contribution in [3.8, 4) is 11.3 Å². The number of benzene rings is 1. The van der Waals surface area contributed by atoms with E-state index < -0.39 is 6.04 Å². The lowest BCUT2D eigenvalue weighted by Crippen LogP contribution is -2.55. The Morgan fingerprint density at radius 2 is 1.74 bits per heavy atom. The molecule has 2 amide bonds. The molecule has 1 N–H and O–H groups in total. The van der Waals surface area contributed by atoms with Crippen LogP contribution in [-0.2, 0) is 14.3 Å². The monoisotopic (exact) mass is 517 g/mol. The molecule has 2 atom stereocenters. The molecule has 2 unspecified atom stereocenters. The van der Waals surface area contributed by atoms with Crippen LogP contribution in [0.2, 0.25) is 0 Å². The Bertz CT molecular complexity index is 1290. The van der Waals surface area contributed by atoms with Crippen LogP contribution < -0.4 is 10.2 Å². The van der Waals surface area contributed by atoms with Gasteiger partial charge < -0.3 is 24.8 Å². The summed E-state index contributed by atoms with van der Waals surface area (Å²) in [4.78, 5) is 41.3. The van der Waals surface area contributed by atoms with Gasteiger partial charge in [0.05, 0.1) is 6.20 Å². The van der Waals surface area contributed by atoms with Gasteiger partial charge in [-0.3, -0.25) is 19.0 Å². The highest BCUT2D eigenvalue weighted by Crippen LogP contribution is 2.31. The smallest absolute Gasteiger partial charge is 0.251 e. The Balaban J connectivity index is 1.16. The van der Waals surface area contributed by atoms with Gasteiger partial charge in [0.1, 0.15) is 23.7 Å². The Morgan fingerprint density at radius 1 is 1.00 bits per heavy atom. The minimum atomic E-state index is -0.467. The van der Waals surface area contributed by atoms with Crippen molar-refractivity contribution in [3.05, 3.63) is 42.9 Å². The summed E-state index contributed by atoms with van der Waals surface area (Å²) in [5.74, 6) is 0.832. The van der Waals surface area contributed by atoms with E-state index in [0.29, 0.717) is 32.8 Å². The van der Waals surface area contributed by atoms with Crippen molar-refractivity contribution in [2.75, 3.05) is 56.1 Å². The van der Waals surface area contributed by atoms with Gasteiger partial charge in [0, 0.05) is 69.5 Å². The Morgan fingerprint density at radius 3 is 2.45 bits per heavy atom. The van der Waals surface area contributed by atoms with E-state index in [2.05, 4.69) is 39.5 Å². The predicted octanol–water partition coefficient (Wildman–Crippen LogP) is 2.65. The van der Waals surface area contributed by atoms with Crippen molar-refractivity contribution >= 4 is 29.0 Å². The number of aromatic nitrogens is 3. The first-order valence-corrected chi connectivity index (χ1v) is 13.7. The molecular formula is C28H35N7O3. The zero-order valence-corrected chi connectivity index (χ0v) is 21.9. The van der Waals surface area contributed by atoms with Crippen LogP contribution in [0, 0.1) is 0 Å². The lowest BCUT2D eigenvalue weighted by atomic mass is 10.1. The number of carbonyl (C=O) groups is 2. The summed E-state index contributed by atoms with van der Waals surface area (Å²) in [6, 6.07) is 8.04. The normalized spacial score (nSPS) is 20.8. The molecule has 0 bridgehead atoms. The number of piperazine rings is 1. The average Bonchev–Trinajstić information content (AvgIpc) is 3.75. The van der Waals surface area contributed by atoms with Crippen LogP contribution in [0.3, 0.4) is 0 Å². The van der Waals surface area contributed by atoms with Gasteiger partial charge in [0.2, 0.25) is 5.91 Å².